The van der Waals surface area contributed by atoms with E-state index >= 15 is 0 Å². The van der Waals surface area contributed by atoms with Gasteiger partial charge in [-0.1, -0.05) is 11.6 Å². The van der Waals surface area contributed by atoms with Crippen molar-refractivity contribution in [1.29, 1.82) is 0 Å². The highest BCUT2D eigenvalue weighted by Gasteiger charge is 2.14. The lowest BCUT2D eigenvalue weighted by atomic mass is 10.1. The number of benzene rings is 1. The molecule has 0 spiro atoms. The van der Waals surface area contributed by atoms with Gasteiger partial charge in [0.15, 0.2) is 5.82 Å². The normalized spacial score (nSPS) is 11.0. The van der Waals surface area contributed by atoms with Gasteiger partial charge in [-0.25, -0.2) is 4.68 Å². The van der Waals surface area contributed by atoms with Crippen molar-refractivity contribution in [2.45, 2.75) is 19.9 Å². The summed E-state index contributed by atoms with van der Waals surface area (Å²) in [6.45, 7) is 4.00. The molecule has 0 saturated carbocycles. The second-order valence-electron chi connectivity index (χ2n) is 3.77. The van der Waals surface area contributed by atoms with Gasteiger partial charge in [0.05, 0.1) is 6.04 Å². The Morgan fingerprint density at radius 3 is 2.81 bits per heavy atom. The van der Waals surface area contributed by atoms with Crippen molar-refractivity contribution >= 4 is 17.3 Å². The summed E-state index contributed by atoms with van der Waals surface area (Å²) in [5.74, 6) is 0.634. The third-order valence-corrected chi connectivity index (χ3v) is 2.47. The first-order chi connectivity index (χ1) is 7.59. The minimum atomic E-state index is 0.170. The van der Waals surface area contributed by atoms with E-state index in [1.807, 2.05) is 13.8 Å². The van der Waals surface area contributed by atoms with E-state index < -0.39 is 0 Å². The van der Waals surface area contributed by atoms with E-state index in [-0.39, 0.29) is 6.04 Å². The van der Waals surface area contributed by atoms with Crippen LogP contribution in [0.5, 0.6) is 0 Å². The molecule has 84 valence electrons. The fourth-order valence-electron chi connectivity index (χ4n) is 1.44. The lowest BCUT2D eigenvalue weighted by molar-refractivity contribution is 0.519. The molecule has 0 atom stereocenters. The molecule has 0 amide bonds. The Morgan fingerprint density at radius 1 is 1.38 bits per heavy atom. The number of rotatable bonds is 2. The van der Waals surface area contributed by atoms with Gasteiger partial charge in [-0.15, -0.1) is 5.10 Å². The minimum absolute atomic E-state index is 0.170. The zero-order valence-corrected chi connectivity index (χ0v) is 9.81. The largest absolute Gasteiger partial charge is 0.398 e. The molecule has 1 aromatic heterocycles. The number of aromatic nitrogens is 4. The van der Waals surface area contributed by atoms with Crippen molar-refractivity contribution in [3.63, 3.8) is 0 Å². The molecule has 2 aromatic rings. The summed E-state index contributed by atoms with van der Waals surface area (Å²) in [5, 5.41) is 12.2. The topological polar surface area (TPSA) is 69.6 Å². The highest BCUT2D eigenvalue weighted by atomic mass is 35.5. The van der Waals surface area contributed by atoms with Crippen molar-refractivity contribution in [2.75, 3.05) is 5.73 Å². The van der Waals surface area contributed by atoms with Gasteiger partial charge < -0.3 is 5.73 Å². The first-order valence-electron chi connectivity index (χ1n) is 4.93. The van der Waals surface area contributed by atoms with E-state index in [1.54, 1.807) is 22.9 Å². The third-order valence-electron chi connectivity index (χ3n) is 2.24. The van der Waals surface area contributed by atoms with Crippen LogP contribution in [0.4, 0.5) is 5.69 Å². The van der Waals surface area contributed by atoms with Crippen LogP contribution in [0.1, 0.15) is 19.9 Å². The summed E-state index contributed by atoms with van der Waals surface area (Å²) in [7, 11) is 0. The standard InChI is InChI=1S/C10H12ClN5/c1-6(2)16-10(13-14-15-16)8-5-7(11)3-4-9(8)12/h3-6H,12H2,1-2H3. The average molecular weight is 238 g/mol. The quantitative estimate of drug-likeness (QED) is 0.813. The maximum atomic E-state index is 5.93. The molecule has 0 unspecified atom stereocenters. The number of nitrogens with zero attached hydrogens (tertiary/aromatic N) is 4. The molecule has 0 bridgehead atoms. The summed E-state index contributed by atoms with van der Waals surface area (Å²) >= 11 is 5.93. The summed E-state index contributed by atoms with van der Waals surface area (Å²) in [6, 6.07) is 5.42. The van der Waals surface area contributed by atoms with Crippen LogP contribution in [0.3, 0.4) is 0 Å². The number of nitrogens with two attached hydrogens (primary N) is 1. The second kappa shape index (κ2) is 4.09. The Bertz CT molecular complexity index is 506. The Morgan fingerprint density at radius 2 is 2.12 bits per heavy atom. The number of tetrazole rings is 1. The molecule has 1 aromatic carbocycles. The number of hydrogen-bond acceptors (Lipinski definition) is 4. The number of halogens is 1. The summed E-state index contributed by atoms with van der Waals surface area (Å²) in [4.78, 5) is 0. The van der Waals surface area contributed by atoms with Gasteiger partial charge in [0.1, 0.15) is 0 Å². The van der Waals surface area contributed by atoms with Gasteiger partial charge in [-0.3, -0.25) is 0 Å². The van der Waals surface area contributed by atoms with Crippen molar-refractivity contribution < 1.29 is 0 Å². The molecule has 1 heterocycles. The molecule has 2 N–H and O–H groups in total. The highest BCUT2D eigenvalue weighted by Crippen LogP contribution is 2.27. The van der Waals surface area contributed by atoms with Crippen LogP contribution in [0.15, 0.2) is 18.2 Å². The van der Waals surface area contributed by atoms with Crippen molar-refractivity contribution in [3.05, 3.63) is 23.2 Å². The van der Waals surface area contributed by atoms with Crippen molar-refractivity contribution in [3.8, 4) is 11.4 Å². The van der Waals surface area contributed by atoms with E-state index in [0.29, 0.717) is 16.5 Å². The highest BCUT2D eigenvalue weighted by molar-refractivity contribution is 6.31. The van der Waals surface area contributed by atoms with Crippen LogP contribution in [0.2, 0.25) is 5.02 Å². The Hall–Kier alpha value is -1.62. The first-order valence-corrected chi connectivity index (χ1v) is 5.30. The van der Waals surface area contributed by atoms with Crippen LogP contribution in [0, 0.1) is 0 Å². The Balaban J connectivity index is 2.58. The van der Waals surface area contributed by atoms with E-state index in [4.69, 9.17) is 17.3 Å². The Labute approximate surface area is 98.2 Å². The lowest BCUT2D eigenvalue weighted by Crippen LogP contribution is -2.06. The van der Waals surface area contributed by atoms with Gasteiger partial charge in [0.2, 0.25) is 0 Å². The summed E-state index contributed by atoms with van der Waals surface area (Å²) in [6.07, 6.45) is 0. The first kappa shape index (κ1) is 10.9. The van der Waals surface area contributed by atoms with E-state index in [1.165, 1.54) is 0 Å². The maximum absolute atomic E-state index is 5.93. The Kier molecular flexibility index (Phi) is 2.78. The fraction of sp³-hybridized carbons (Fsp3) is 0.300. The number of nitrogen functional groups attached to an aromatic ring is 1. The van der Waals surface area contributed by atoms with Gasteiger partial charge in [0, 0.05) is 16.3 Å². The molecule has 0 aliphatic rings. The van der Waals surface area contributed by atoms with Crippen LogP contribution >= 0.6 is 11.6 Å². The van der Waals surface area contributed by atoms with Crippen LogP contribution in [-0.4, -0.2) is 20.2 Å². The predicted molar refractivity (Wildman–Crippen MR) is 63.1 cm³/mol. The molecule has 0 aliphatic heterocycles. The van der Waals surface area contributed by atoms with Crippen LogP contribution in [0.25, 0.3) is 11.4 Å². The van der Waals surface area contributed by atoms with E-state index in [9.17, 15) is 0 Å². The molecule has 16 heavy (non-hydrogen) atoms. The molecule has 2 rings (SSSR count). The fourth-order valence-corrected chi connectivity index (χ4v) is 1.61. The van der Waals surface area contributed by atoms with Crippen LogP contribution < -0.4 is 5.73 Å². The predicted octanol–water partition coefficient (Wildman–Crippen LogP) is 2.16. The number of anilines is 1. The van der Waals surface area contributed by atoms with Gasteiger partial charge in [-0.05, 0) is 42.5 Å². The monoisotopic (exact) mass is 237 g/mol. The summed E-state index contributed by atoms with van der Waals surface area (Å²) in [5.41, 5.74) is 7.25. The third kappa shape index (κ3) is 1.86. The molecular formula is C10H12ClN5. The number of hydrogen-bond donors (Lipinski definition) is 1. The molecule has 5 nitrogen and oxygen atoms in total. The van der Waals surface area contributed by atoms with Crippen LogP contribution in [-0.2, 0) is 0 Å². The molecule has 0 aliphatic carbocycles. The lowest BCUT2D eigenvalue weighted by Gasteiger charge is -2.09. The molecular weight excluding hydrogens is 226 g/mol. The van der Waals surface area contributed by atoms with E-state index in [2.05, 4.69) is 15.5 Å². The maximum Gasteiger partial charge on any atom is 0.184 e. The van der Waals surface area contributed by atoms with E-state index in [0.717, 1.165) is 5.56 Å². The van der Waals surface area contributed by atoms with Gasteiger partial charge >= 0.3 is 0 Å². The minimum Gasteiger partial charge on any atom is -0.398 e. The van der Waals surface area contributed by atoms with Crippen molar-refractivity contribution in [1.82, 2.24) is 20.2 Å². The zero-order valence-electron chi connectivity index (χ0n) is 9.05. The van der Waals surface area contributed by atoms with Gasteiger partial charge in [0.25, 0.3) is 0 Å². The molecule has 0 fully saturated rings. The molecule has 0 saturated heterocycles. The SMILES string of the molecule is CC(C)n1nnnc1-c1cc(Cl)ccc1N. The van der Waals surface area contributed by atoms with Gasteiger partial charge in [-0.2, -0.15) is 0 Å². The molecule has 0 radical (unpaired) electrons. The summed E-state index contributed by atoms with van der Waals surface area (Å²) < 4.78 is 1.71. The smallest absolute Gasteiger partial charge is 0.184 e. The second-order valence-corrected chi connectivity index (χ2v) is 4.21. The van der Waals surface area contributed by atoms with Crippen molar-refractivity contribution in [2.24, 2.45) is 0 Å². The zero-order chi connectivity index (χ0) is 11.7. The molecule has 6 heteroatoms. The average Bonchev–Trinajstić information content (AvgIpc) is 2.70.